The molecule has 0 aliphatic heterocycles. The summed E-state index contributed by atoms with van der Waals surface area (Å²) in [5, 5.41) is 0. The Labute approximate surface area is 185 Å². The maximum Gasteiger partial charge on any atom is 0.330 e. The molecule has 0 fully saturated rings. The van der Waals surface area contributed by atoms with Crippen LogP contribution >= 0.6 is 0 Å². The van der Waals surface area contributed by atoms with Crippen LogP contribution in [0.15, 0.2) is 37.0 Å². The number of ketones is 1. The topological polar surface area (TPSA) is 52.6 Å². The Balaban J connectivity index is 5.39. The summed E-state index contributed by atoms with van der Waals surface area (Å²) in [4.78, 5) is 24.6. The van der Waals surface area contributed by atoms with Gasteiger partial charge in [-0.2, -0.15) is 0 Å². The van der Waals surface area contributed by atoms with E-state index in [0.29, 0.717) is 18.4 Å². The van der Waals surface area contributed by atoms with Crippen molar-refractivity contribution in [2.45, 2.75) is 104 Å². The molecule has 3 atom stereocenters. The molecule has 0 saturated heterocycles. The molecule has 0 aromatic carbocycles. The lowest BCUT2D eigenvalue weighted by Gasteiger charge is -2.39. The van der Waals surface area contributed by atoms with Crippen molar-refractivity contribution in [1.82, 2.24) is 0 Å². The number of allylic oxidation sites excluding steroid dienone is 2. The van der Waals surface area contributed by atoms with Gasteiger partial charge in [-0.15, -0.1) is 6.58 Å². The maximum atomic E-state index is 12.4. The van der Waals surface area contributed by atoms with Gasteiger partial charge < -0.3 is 9.16 Å². The summed E-state index contributed by atoms with van der Waals surface area (Å²) in [6.45, 7) is 21.7. The molecule has 0 aliphatic carbocycles. The molecule has 0 radical (unpaired) electrons. The number of ether oxygens (including phenoxy) is 1. The molecule has 0 aromatic heterocycles. The Morgan fingerprint density at radius 2 is 1.70 bits per heavy atom. The summed E-state index contributed by atoms with van der Waals surface area (Å²) >= 11 is 0. The van der Waals surface area contributed by atoms with Crippen LogP contribution < -0.4 is 0 Å². The van der Waals surface area contributed by atoms with E-state index in [1.165, 1.54) is 6.08 Å². The van der Waals surface area contributed by atoms with Gasteiger partial charge in [-0.1, -0.05) is 40.3 Å². The number of rotatable bonds is 16. The molecular formula is C25H44O4Si. The minimum Gasteiger partial charge on any atom is -0.459 e. The fourth-order valence-electron chi connectivity index (χ4n) is 3.40. The van der Waals surface area contributed by atoms with Gasteiger partial charge in [-0.05, 0) is 75.7 Å². The molecule has 0 bridgehead atoms. The van der Waals surface area contributed by atoms with Crippen molar-refractivity contribution in [3.05, 3.63) is 37.0 Å². The Morgan fingerprint density at radius 1 is 1.13 bits per heavy atom. The van der Waals surface area contributed by atoms with Crippen LogP contribution in [0.3, 0.4) is 0 Å². The first-order chi connectivity index (χ1) is 14.0. The molecule has 5 heteroatoms. The third-order valence-electron chi connectivity index (χ3n) is 6.21. The molecule has 4 nitrogen and oxygen atoms in total. The molecule has 0 aromatic rings. The van der Waals surface area contributed by atoms with Crippen molar-refractivity contribution in [3.63, 3.8) is 0 Å². The van der Waals surface area contributed by atoms with E-state index in [2.05, 4.69) is 40.9 Å². The number of carbonyl (C=O) groups is 2. The first-order valence-electron chi connectivity index (χ1n) is 11.4. The lowest BCUT2D eigenvalue weighted by Crippen LogP contribution is -2.45. The second kappa shape index (κ2) is 13.8. The average molecular weight is 437 g/mol. The highest BCUT2D eigenvalue weighted by atomic mass is 28.4. The zero-order valence-electron chi connectivity index (χ0n) is 20.4. The highest BCUT2D eigenvalue weighted by Crippen LogP contribution is 2.32. The number of carbonyl (C=O) groups excluding carboxylic acids is 2. The van der Waals surface area contributed by atoms with Crippen LogP contribution in [0.25, 0.3) is 0 Å². The molecule has 0 unspecified atom stereocenters. The summed E-state index contributed by atoms with van der Waals surface area (Å²) in [7, 11) is -1.94. The van der Waals surface area contributed by atoms with Gasteiger partial charge in [-0.3, -0.25) is 4.79 Å². The average Bonchev–Trinajstić information content (AvgIpc) is 2.72. The van der Waals surface area contributed by atoms with Crippen molar-refractivity contribution in [1.29, 1.82) is 0 Å². The predicted molar refractivity (Wildman–Crippen MR) is 129 cm³/mol. The van der Waals surface area contributed by atoms with E-state index in [4.69, 9.17) is 9.16 Å². The largest absolute Gasteiger partial charge is 0.459 e. The van der Waals surface area contributed by atoms with Gasteiger partial charge in [0, 0.05) is 12.5 Å². The van der Waals surface area contributed by atoms with Gasteiger partial charge in [0.2, 0.25) is 0 Å². The van der Waals surface area contributed by atoms with Gasteiger partial charge in [0.05, 0.1) is 5.60 Å². The SMILES string of the molecule is C=CCC[C@H](C)[C@@H](C)OC(=O)/C=C/[C@@](C)(CCC(=O)C(=C)C)O[Si](CC)(CC)CC. The van der Waals surface area contributed by atoms with Crippen molar-refractivity contribution in [2.24, 2.45) is 5.92 Å². The summed E-state index contributed by atoms with van der Waals surface area (Å²) in [6.07, 6.45) is 7.68. The minimum absolute atomic E-state index is 0.0298. The number of hydrogen-bond acceptors (Lipinski definition) is 4. The molecule has 0 aliphatic rings. The van der Waals surface area contributed by atoms with Crippen LogP contribution in [0.2, 0.25) is 18.1 Å². The third-order valence-corrected chi connectivity index (χ3v) is 11.0. The standard InChI is InChI=1S/C25H44O4Si/c1-10-14-15-21(7)22(8)28-24(27)17-19-25(9,18-16-23(26)20(5)6)29-30(11-2,12-3)13-4/h10,17,19,21-22H,1,5,11-16,18H2,2-4,6-9H3/b19-17+/t21-,22+,25+/m0/s1. The highest BCUT2D eigenvalue weighted by molar-refractivity contribution is 6.73. The first-order valence-corrected chi connectivity index (χ1v) is 13.9. The van der Waals surface area contributed by atoms with E-state index < -0.39 is 13.9 Å². The number of Topliss-reactive ketones (excluding diaryl/α,β-unsaturated/α-hetero) is 1. The molecule has 172 valence electrons. The predicted octanol–water partition coefficient (Wildman–Crippen LogP) is 6.78. The molecule has 0 saturated carbocycles. The molecule has 0 amide bonds. The number of esters is 1. The normalized spacial score (nSPS) is 16.0. The summed E-state index contributed by atoms with van der Waals surface area (Å²) < 4.78 is 12.3. The molecule has 30 heavy (non-hydrogen) atoms. The van der Waals surface area contributed by atoms with Crippen LogP contribution in [0, 0.1) is 5.92 Å². The van der Waals surface area contributed by atoms with Gasteiger partial charge in [0.25, 0.3) is 0 Å². The maximum absolute atomic E-state index is 12.4. The fraction of sp³-hybridized carbons (Fsp3) is 0.680. The van der Waals surface area contributed by atoms with Crippen LogP contribution in [0.4, 0.5) is 0 Å². The van der Waals surface area contributed by atoms with Crippen LogP contribution in [0.1, 0.15) is 74.1 Å². The van der Waals surface area contributed by atoms with Gasteiger partial charge >= 0.3 is 5.97 Å². The zero-order chi connectivity index (χ0) is 23.4. The smallest absolute Gasteiger partial charge is 0.330 e. The Bertz CT molecular complexity index is 598. The Hall–Kier alpha value is -1.46. The Kier molecular flexibility index (Phi) is 13.1. The summed E-state index contributed by atoms with van der Waals surface area (Å²) in [6, 6.07) is 3.00. The van der Waals surface area contributed by atoms with E-state index >= 15 is 0 Å². The zero-order valence-corrected chi connectivity index (χ0v) is 21.4. The van der Waals surface area contributed by atoms with E-state index in [9.17, 15) is 9.59 Å². The van der Waals surface area contributed by atoms with Gasteiger partial charge in [-0.25, -0.2) is 4.79 Å². The van der Waals surface area contributed by atoms with Crippen LogP contribution in [0.5, 0.6) is 0 Å². The van der Waals surface area contributed by atoms with E-state index in [1.54, 1.807) is 13.0 Å². The van der Waals surface area contributed by atoms with Gasteiger partial charge in [0.15, 0.2) is 14.1 Å². The quantitative estimate of drug-likeness (QED) is 0.116. The lowest BCUT2D eigenvalue weighted by atomic mass is 9.96. The van der Waals surface area contributed by atoms with Gasteiger partial charge in [0.1, 0.15) is 6.10 Å². The highest BCUT2D eigenvalue weighted by Gasteiger charge is 2.37. The molecule has 0 heterocycles. The van der Waals surface area contributed by atoms with Crippen molar-refractivity contribution in [3.8, 4) is 0 Å². The molecule has 0 N–H and O–H groups in total. The van der Waals surface area contributed by atoms with Crippen molar-refractivity contribution >= 4 is 20.1 Å². The second-order valence-electron chi connectivity index (χ2n) is 8.68. The second-order valence-corrected chi connectivity index (χ2v) is 13.4. The van der Waals surface area contributed by atoms with Crippen molar-refractivity contribution in [2.75, 3.05) is 0 Å². The summed E-state index contributed by atoms with van der Waals surface area (Å²) in [5.74, 6) is -0.0792. The van der Waals surface area contributed by atoms with E-state index in [0.717, 1.165) is 31.0 Å². The fourth-order valence-corrected chi connectivity index (χ4v) is 6.50. The lowest BCUT2D eigenvalue weighted by molar-refractivity contribution is -0.144. The van der Waals surface area contributed by atoms with Crippen LogP contribution in [-0.4, -0.2) is 31.8 Å². The van der Waals surface area contributed by atoms with E-state index in [-0.39, 0.29) is 23.8 Å². The van der Waals surface area contributed by atoms with Crippen molar-refractivity contribution < 1.29 is 18.8 Å². The number of hydrogen-bond donors (Lipinski definition) is 0. The monoisotopic (exact) mass is 436 g/mol. The molecular weight excluding hydrogens is 392 g/mol. The third kappa shape index (κ3) is 10.0. The minimum atomic E-state index is -1.94. The first kappa shape index (κ1) is 28.5. The Morgan fingerprint density at radius 3 is 2.17 bits per heavy atom. The summed E-state index contributed by atoms with van der Waals surface area (Å²) in [5.41, 5.74) is -0.135. The molecule has 0 rings (SSSR count). The molecule has 0 spiro atoms. The van der Waals surface area contributed by atoms with Crippen LogP contribution in [-0.2, 0) is 18.8 Å². The van der Waals surface area contributed by atoms with E-state index in [1.807, 2.05) is 19.9 Å².